The molecule has 2 heterocycles. The molecule has 0 bridgehead atoms. The van der Waals surface area contributed by atoms with Gasteiger partial charge in [0, 0.05) is 22.0 Å². The molecule has 0 spiro atoms. The molecule has 0 aliphatic heterocycles. The first-order valence-electron chi connectivity index (χ1n) is 7.58. The lowest BCUT2D eigenvalue weighted by Gasteiger charge is -2.05. The maximum Gasteiger partial charge on any atom is 0.172 e. The summed E-state index contributed by atoms with van der Waals surface area (Å²) < 4.78 is 2.01. The van der Waals surface area contributed by atoms with Crippen LogP contribution in [0.5, 0.6) is 5.75 Å². The summed E-state index contributed by atoms with van der Waals surface area (Å²) in [5, 5.41) is 19.3. The van der Waals surface area contributed by atoms with Gasteiger partial charge in [0.2, 0.25) is 0 Å². The van der Waals surface area contributed by atoms with Gasteiger partial charge in [0.1, 0.15) is 5.75 Å². The quantitative estimate of drug-likeness (QED) is 0.592. The van der Waals surface area contributed by atoms with E-state index in [2.05, 4.69) is 41.4 Å². The molecule has 0 atom stereocenters. The maximum absolute atomic E-state index is 9.62. The smallest absolute Gasteiger partial charge is 0.172 e. The van der Waals surface area contributed by atoms with Crippen LogP contribution in [0, 0.1) is 6.92 Å². The molecule has 1 N–H and O–H groups in total. The van der Waals surface area contributed by atoms with Crippen molar-refractivity contribution >= 4 is 23.0 Å². The van der Waals surface area contributed by atoms with Gasteiger partial charge in [-0.15, -0.1) is 10.2 Å². The lowest BCUT2D eigenvalue weighted by molar-refractivity contribution is 0.475. The highest BCUT2D eigenvalue weighted by atomic mass is 32.2. The number of rotatable bonds is 3. The Hall–Kier alpha value is -2.79. The average molecular weight is 333 g/mol. The first kappa shape index (κ1) is 14.8. The molecule has 0 unspecified atom stereocenters. The Balaban J connectivity index is 1.69. The first-order valence-corrected chi connectivity index (χ1v) is 8.35. The van der Waals surface area contributed by atoms with E-state index in [0.29, 0.717) is 0 Å². The Morgan fingerprint density at radius 2 is 1.79 bits per heavy atom. The highest BCUT2D eigenvalue weighted by Crippen LogP contribution is 2.28. The third-order valence-corrected chi connectivity index (χ3v) is 4.74. The van der Waals surface area contributed by atoms with Crippen molar-refractivity contribution in [2.45, 2.75) is 11.8 Å². The molecule has 2 aromatic carbocycles. The predicted octanol–water partition coefficient (Wildman–Crippen LogP) is 4.67. The van der Waals surface area contributed by atoms with Gasteiger partial charge in [-0.1, -0.05) is 29.8 Å². The van der Waals surface area contributed by atoms with Crippen LogP contribution in [0.3, 0.4) is 0 Å². The van der Waals surface area contributed by atoms with E-state index in [-0.39, 0.29) is 5.75 Å². The Morgan fingerprint density at radius 1 is 0.958 bits per heavy atom. The Labute approximate surface area is 143 Å². The van der Waals surface area contributed by atoms with E-state index in [0.717, 1.165) is 27.2 Å². The Bertz CT molecular complexity index is 1010. The summed E-state index contributed by atoms with van der Waals surface area (Å²) in [5.74, 6) is 0.224. The van der Waals surface area contributed by atoms with Gasteiger partial charge < -0.3 is 5.11 Å². The molecule has 0 aliphatic carbocycles. The van der Waals surface area contributed by atoms with E-state index in [9.17, 15) is 5.11 Å². The summed E-state index contributed by atoms with van der Waals surface area (Å²) in [6.07, 6.45) is 2.00. The zero-order valence-corrected chi connectivity index (χ0v) is 13.9. The number of phenols is 1. The van der Waals surface area contributed by atoms with Crippen molar-refractivity contribution < 1.29 is 5.11 Å². The van der Waals surface area contributed by atoms with Gasteiger partial charge in [-0.05, 0) is 55.3 Å². The molecule has 5 heteroatoms. The van der Waals surface area contributed by atoms with Gasteiger partial charge in [0.15, 0.2) is 5.65 Å². The lowest BCUT2D eigenvalue weighted by Crippen LogP contribution is -1.92. The predicted molar refractivity (Wildman–Crippen MR) is 97.1 cm³/mol. The largest absolute Gasteiger partial charge is 0.508 e. The third kappa shape index (κ3) is 2.86. The van der Waals surface area contributed by atoms with E-state index in [1.165, 1.54) is 5.56 Å². The van der Waals surface area contributed by atoms with Crippen LogP contribution in [0.1, 0.15) is 5.56 Å². The molecule has 0 fully saturated rings. The van der Waals surface area contributed by atoms with Crippen molar-refractivity contribution in [2.75, 3.05) is 0 Å². The van der Waals surface area contributed by atoms with E-state index < -0.39 is 0 Å². The molecule has 4 rings (SSSR count). The normalized spacial score (nSPS) is 11.0. The standard InChI is InChI=1S/C19H15N3OS/c1-13-5-7-17(8-6-13)24-22-10-9-15-12-18(20-21-19(15)22)14-3-2-4-16(23)11-14/h2-12,23H,1H3. The van der Waals surface area contributed by atoms with Crippen molar-refractivity contribution in [3.63, 3.8) is 0 Å². The molecule has 4 aromatic rings. The number of hydrogen-bond acceptors (Lipinski definition) is 4. The molecule has 0 amide bonds. The fourth-order valence-electron chi connectivity index (χ4n) is 2.50. The summed E-state index contributed by atoms with van der Waals surface area (Å²) in [6.45, 7) is 2.08. The number of aromatic nitrogens is 3. The zero-order valence-electron chi connectivity index (χ0n) is 13.0. The van der Waals surface area contributed by atoms with Crippen LogP contribution in [0.25, 0.3) is 22.3 Å². The minimum Gasteiger partial charge on any atom is -0.508 e. The molecule has 0 aliphatic rings. The van der Waals surface area contributed by atoms with Crippen LogP contribution in [0.2, 0.25) is 0 Å². The van der Waals surface area contributed by atoms with Gasteiger partial charge in [0.25, 0.3) is 0 Å². The van der Waals surface area contributed by atoms with E-state index in [1.807, 2.05) is 28.4 Å². The van der Waals surface area contributed by atoms with Gasteiger partial charge in [-0.25, -0.2) is 0 Å². The maximum atomic E-state index is 9.62. The number of phenolic OH excluding ortho intramolecular Hbond substituents is 1. The van der Waals surface area contributed by atoms with Crippen molar-refractivity contribution in [3.05, 3.63) is 72.4 Å². The van der Waals surface area contributed by atoms with E-state index >= 15 is 0 Å². The zero-order chi connectivity index (χ0) is 16.5. The van der Waals surface area contributed by atoms with Crippen LogP contribution in [0.15, 0.2) is 71.8 Å². The highest BCUT2D eigenvalue weighted by molar-refractivity contribution is 7.98. The number of aryl methyl sites for hydroxylation is 1. The number of hydrogen-bond donors (Lipinski definition) is 1. The molecule has 0 saturated carbocycles. The minimum atomic E-state index is 0.224. The Morgan fingerprint density at radius 3 is 2.58 bits per heavy atom. The lowest BCUT2D eigenvalue weighted by atomic mass is 10.1. The van der Waals surface area contributed by atoms with Gasteiger partial charge in [-0.3, -0.25) is 3.97 Å². The van der Waals surface area contributed by atoms with Crippen molar-refractivity contribution in [3.8, 4) is 17.0 Å². The molecule has 118 valence electrons. The summed E-state index contributed by atoms with van der Waals surface area (Å²) in [6, 6.07) is 19.4. The second-order valence-corrected chi connectivity index (χ2v) is 6.65. The van der Waals surface area contributed by atoms with Crippen LogP contribution >= 0.6 is 11.9 Å². The summed E-state index contributed by atoms with van der Waals surface area (Å²) in [5.41, 5.74) is 3.66. The van der Waals surface area contributed by atoms with Crippen molar-refractivity contribution in [1.82, 2.24) is 14.2 Å². The van der Waals surface area contributed by atoms with Crippen LogP contribution in [-0.2, 0) is 0 Å². The number of nitrogens with zero attached hydrogens (tertiary/aromatic N) is 3. The second-order valence-electron chi connectivity index (χ2n) is 5.60. The fraction of sp³-hybridized carbons (Fsp3) is 0.0526. The fourth-order valence-corrected chi connectivity index (χ4v) is 3.34. The monoisotopic (exact) mass is 333 g/mol. The van der Waals surface area contributed by atoms with Crippen LogP contribution < -0.4 is 0 Å². The van der Waals surface area contributed by atoms with Crippen molar-refractivity contribution in [2.24, 2.45) is 0 Å². The molecule has 2 aromatic heterocycles. The average Bonchev–Trinajstić information content (AvgIpc) is 2.99. The number of aromatic hydroxyl groups is 1. The van der Waals surface area contributed by atoms with Crippen LogP contribution in [0.4, 0.5) is 0 Å². The van der Waals surface area contributed by atoms with E-state index in [4.69, 9.17) is 0 Å². The summed E-state index contributed by atoms with van der Waals surface area (Å²) in [4.78, 5) is 1.15. The van der Waals surface area contributed by atoms with Crippen molar-refractivity contribution in [1.29, 1.82) is 0 Å². The number of fused-ring (bicyclic) bond motifs is 1. The second kappa shape index (κ2) is 6.02. The van der Waals surface area contributed by atoms with Crippen LogP contribution in [-0.4, -0.2) is 19.3 Å². The first-order chi connectivity index (χ1) is 11.7. The SMILES string of the molecule is Cc1ccc(Sn2ccc3cc(-c4cccc(O)c4)nnc32)cc1. The molecular weight excluding hydrogens is 318 g/mol. The summed E-state index contributed by atoms with van der Waals surface area (Å²) in [7, 11) is 0. The third-order valence-electron chi connectivity index (χ3n) is 3.77. The summed E-state index contributed by atoms with van der Waals surface area (Å²) >= 11 is 1.61. The van der Waals surface area contributed by atoms with Gasteiger partial charge in [-0.2, -0.15) is 0 Å². The minimum absolute atomic E-state index is 0.224. The molecule has 24 heavy (non-hydrogen) atoms. The molecule has 0 radical (unpaired) electrons. The topological polar surface area (TPSA) is 50.9 Å². The highest BCUT2D eigenvalue weighted by Gasteiger charge is 2.08. The van der Waals surface area contributed by atoms with Gasteiger partial charge in [0.05, 0.1) is 5.69 Å². The Kier molecular flexibility index (Phi) is 3.70. The molecular formula is C19H15N3OS. The number of benzene rings is 2. The molecule has 4 nitrogen and oxygen atoms in total. The van der Waals surface area contributed by atoms with E-state index in [1.54, 1.807) is 30.1 Å². The molecule has 0 saturated heterocycles. The van der Waals surface area contributed by atoms with Gasteiger partial charge >= 0.3 is 0 Å².